The fraction of sp³-hybridized carbons (Fsp3) is 0.889. The zero-order valence-electron chi connectivity index (χ0n) is 7.86. The molecule has 2 aliphatic rings. The molecule has 0 radical (unpaired) electrons. The van der Waals surface area contributed by atoms with E-state index >= 15 is 0 Å². The quantitative estimate of drug-likeness (QED) is 0.596. The van der Waals surface area contributed by atoms with Crippen LogP contribution in [0.1, 0.15) is 19.3 Å². The standard InChI is InChI=1S/C9H16N2O2/c1-11-5-3-6-7(11)2-4-9(6,10)8(12)13/h6-7H,2-5,10H2,1H3,(H,12,13). The Morgan fingerprint density at radius 3 is 2.92 bits per heavy atom. The summed E-state index contributed by atoms with van der Waals surface area (Å²) in [6.45, 7) is 0.988. The summed E-state index contributed by atoms with van der Waals surface area (Å²) >= 11 is 0. The van der Waals surface area contributed by atoms with E-state index < -0.39 is 11.5 Å². The third-order valence-electron chi connectivity index (χ3n) is 3.74. The molecule has 3 atom stereocenters. The Morgan fingerprint density at radius 2 is 2.31 bits per heavy atom. The normalized spacial score (nSPS) is 45.1. The van der Waals surface area contributed by atoms with Crippen LogP contribution in [0.15, 0.2) is 0 Å². The Labute approximate surface area is 77.7 Å². The van der Waals surface area contributed by atoms with Gasteiger partial charge < -0.3 is 15.7 Å². The fourth-order valence-electron chi connectivity index (χ4n) is 2.87. The molecule has 3 N–H and O–H groups in total. The van der Waals surface area contributed by atoms with Gasteiger partial charge in [0.25, 0.3) is 0 Å². The second kappa shape index (κ2) is 2.69. The van der Waals surface area contributed by atoms with E-state index in [9.17, 15) is 4.79 Å². The highest BCUT2D eigenvalue weighted by molar-refractivity contribution is 5.79. The van der Waals surface area contributed by atoms with Crippen LogP contribution in [0.3, 0.4) is 0 Å². The average molecular weight is 184 g/mol. The maximum Gasteiger partial charge on any atom is 0.324 e. The van der Waals surface area contributed by atoms with Gasteiger partial charge in [0.1, 0.15) is 5.54 Å². The number of carbonyl (C=O) groups is 1. The molecule has 0 spiro atoms. The van der Waals surface area contributed by atoms with E-state index in [1.54, 1.807) is 0 Å². The minimum absolute atomic E-state index is 0.162. The minimum Gasteiger partial charge on any atom is -0.480 e. The lowest BCUT2D eigenvalue weighted by atomic mass is 9.86. The molecule has 2 fully saturated rings. The van der Waals surface area contributed by atoms with E-state index in [0.29, 0.717) is 12.5 Å². The summed E-state index contributed by atoms with van der Waals surface area (Å²) in [5, 5.41) is 9.06. The molecule has 0 aromatic heterocycles. The summed E-state index contributed by atoms with van der Waals surface area (Å²) in [5.41, 5.74) is 4.97. The number of hydrogen-bond acceptors (Lipinski definition) is 3. The molecule has 0 amide bonds. The van der Waals surface area contributed by atoms with Crippen molar-refractivity contribution in [2.45, 2.75) is 30.8 Å². The highest BCUT2D eigenvalue weighted by Gasteiger charge is 2.54. The van der Waals surface area contributed by atoms with Gasteiger partial charge in [0.2, 0.25) is 0 Å². The first-order valence-electron chi connectivity index (χ1n) is 4.78. The number of fused-ring (bicyclic) bond motifs is 1. The first-order chi connectivity index (χ1) is 6.05. The Morgan fingerprint density at radius 1 is 1.62 bits per heavy atom. The zero-order valence-corrected chi connectivity index (χ0v) is 7.86. The number of nitrogens with two attached hydrogens (primary N) is 1. The second-order valence-corrected chi connectivity index (χ2v) is 4.33. The predicted molar refractivity (Wildman–Crippen MR) is 48.3 cm³/mol. The number of rotatable bonds is 1. The zero-order chi connectivity index (χ0) is 9.64. The maximum absolute atomic E-state index is 11.0. The van der Waals surface area contributed by atoms with E-state index in [1.807, 2.05) is 0 Å². The molecule has 1 aliphatic carbocycles. The molecule has 74 valence electrons. The molecule has 2 rings (SSSR count). The van der Waals surface area contributed by atoms with Gasteiger partial charge in [-0.05, 0) is 32.9 Å². The topological polar surface area (TPSA) is 66.6 Å². The van der Waals surface area contributed by atoms with Crippen LogP contribution in [0.25, 0.3) is 0 Å². The average Bonchev–Trinajstić information content (AvgIpc) is 2.57. The molecule has 0 aromatic rings. The summed E-state index contributed by atoms with van der Waals surface area (Å²) < 4.78 is 0. The molecule has 1 heterocycles. The van der Waals surface area contributed by atoms with Gasteiger partial charge in [-0.25, -0.2) is 0 Å². The summed E-state index contributed by atoms with van der Waals surface area (Å²) in [4.78, 5) is 13.3. The smallest absolute Gasteiger partial charge is 0.324 e. The highest BCUT2D eigenvalue weighted by Crippen LogP contribution is 2.42. The number of likely N-dealkylation sites (tertiary alicyclic amines) is 1. The van der Waals surface area contributed by atoms with Gasteiger partial charge in [-0.1, -0.05) is 0 Å². The van der Waals surface area contributed by atoms with Crippen LogP contribution in [0.5, 0.6) is 0 Å². The summed E-state index contributed by atoms with van der Waals surface area (Å²) in [6.07, 6.45) is 2.50. The molecular weight excluding hydrogens is 168 g/mol. The first kappa shape index (κ1) is 8.97. The van der Waals surface area contributed by atoms with E-state index in [4.69, 9.17) is 10.8 Å². The molecule has 4 heteroatoms. The largest absolute Gasteiger partial charge is 0.480 e. The molecule has 1 saturated heterocycles. The van der Waals surface area contributed by atoms with Crippen molar-refractivity contribution in [3.8, 4) is 0 Å². The van der Waals surface area contributed by atoms with Crippen molar-refractivity contribution in [1.82, 2.24) is 4.90 Å². The fourth-order valence-corrected chi connectivity index (χ4v) is 2.87. The molecule has 3 unspecified atom stereocenters. The molecule has 1 aliphatic heterocycles. The third-order valence-corrected chi connectivity index (χ3v) is 3.74. The summed E-state index contributed by atoms with van der Waals surface area (Å²) in [5.74, 6) is -0.662. The van der Waals surface area contributed by atoms with Gasteiger partial charge >= 0.3 is 5.97 Å². The number of carboxylic acid groups (broad SMARTS) is 1. The van der Waals surface area contributed by atoms with Gasteiger partial charge in [-0.3, -0.25) is 4.79 Å². The number of hydrogen-bond donors (Lipinski definition) is 2. The molecular formula is C9H16N2O2. The van der Waals surface area contributed by atoms with Gasteiger partial charge in [-0.2, -0.15) is 0 Å². The Kier molecular flexibility index (Phi) is 1.85. The molecule has 0 aromatic carbocycles. The van der Waals surface area contributed by atoms with Crippen LogP contribution in [-0.4, -0.2) is 41.1 Å². The van der Waals surface area contributed by atoms with Crippen molar-refractivity contribution in [2.24, 2.45) is 11.7 Å². The second-order valence-electron chi connectivity index (χ2n) is 4.33. The van der Waals surface area contributed by atoms with Crippen LogP contribution in [0, 0.1) is 5.92 Å². The van der Waals surface area contributed by atoms with Crippen LogP contribution >= 0.6 is 0 Å². The lowest BCUT2D eigenvalue weighted by Crippen LogP contribution is -2.52. The molecule has 13 heavy (non-hydrogen) atoms. The Hall–Kier alpha value is -0.610. The SMILES string of the molecule is CN1CCC2C1CCC2(N)C(=O)O. The predicted octanol–water partition coefficient (Wildman–Crippen LogP) is -0.117. The van der Waals surface area contributed by atoms with Crippen LogP contribution < -0.4 is 5.73 Å². The Bertz CT molecular complexity index is 244. The van der Waals surface area contributed by atoms with Gasteiger partial charge in [-0.15, -0.1) is 0 Å². The summed E-state index contributed by atoms with van der Waals surface area (Å²) in [6, 6.07) is 0.404. The number of carboxylic acids is 1. The van der Waals surface area contributed by atoms with E-state index in [1.165, 1.54) is 0 Å². The lowest BCUT2D eigenvalue weighted by molar-refractivity contribution is -0.144. The first-order valence-corrected chi connectivity index (χ1v) is 4.78. The van der Waals surface area contributed by atoms with Crippen LogP contribution in [0.4, 0.5) is 0 Å². The summed E-state index contributed by atoms with van der Waals surface area (Å²) in [7, 11) is 2.05. The van der Waals surface area contributed by atoms with Crippen LogP contribution in [0.2, 0.25) is 0 Å². The minimum atomic E-state index is -0.949. The molecule has 4 nitrogen and oxygen atoms in total. The monoisotopic (exact) mass is 184 g/mol. The van der Waals surface area contributed by atoms with E-state index in [2.05, 4.69) is 11.9 Å². The van der Waals surface area contributed by atoms with Crippen molar-refractivity contribution < 1.29 is 9.90 Å². The maximum atomic E-state index is 11.0. The van der Waals surface area contributed by atoms with Gasteiger partial charge in [0, 0.05) is 12.0 Å². The third kappa shape index (κ3) is 1.09. The van der Waals surface area contributed by atoms with E-state index in [0.717, 1.165) is 19.4 Å². The lowest BCUT2D eigenvalue weighted by Gasteiger charge is -2.26. The molecule has 1 saturated carbocycles. The van der Waals surface area contributed by atoms with Crippen molar-refractivity contribution in [3.63, 3.8) is 0 Å². The molecule has 0 bridgehead atoms. The number of aliphatic carboxylic acids is 1. The van der Waals surface area contributed by atoms with Gasteiger partial charge in [0.05, 0.1) is 0 Å². The van der Waals surface area contributed by atoms with Crippen molar-refractivity contribution >= 4 is 5.97 Å². The van der Waals surface area contributed by atoms with Crippen molar-refractivity contribution in [1.29, 1.82) is 0 Å². The van der Waals surface area contributed by atoms with Crippen molar-refractivity contribution in [3.05, 3.63) is 0 Å². The van der Waals surface area contributed by atoms with Crippen molar-refractivity contribution in [2.75, 3.05) is 13.6 Å². The van der Waals surface area contributed by atoms with E-state index in [-0.39, 0.29) is 5.92 Å². The Balaban J connectivity index is 2.23. The highest BCUT2D eigenvalue weighted by atomic mass is 16.4. The van der Waals surface area contributed by atoms with Gasteiger partial charge in [0.15, 0.2) is 0 Å². The number of nitrogens with zero attached hydrogens (tertiary/aromatic N) is 1. The van der Waals surface area contributed by atoms with Crippen LogP contribution in [-0.2, 0) is 4.79 Å².